The van der Waals surface area contributed by atoms with Crippen LogP contribution in [0, 0.1) is 0 Å². The normalized spacial score (nSPS) is 21.6. The molecule has 58 heavy (non-hydrogen) atoms. The molecule has 6 aromatic rings. The van der Waals surface area contributed by atoms with Gasteiger partial charge in [0.2, 0.25) is 0 Å². The van der Waals surface area contributed by atoms with Gasteiger partial charge in [-0.05, 0) is 48.2 Å². The highest BCUT2D eigenvalue weighted by molar-refractivity contribution is 7.90. The molecule has 9 nitrogen and oxygen atoms in total. The van der Waals surface area contributed by atoms with Crippen LogP contribution < -0.4 is 0 Å². The fourth-order valence-electron chi connectivity index (χ4n) is 7.64. The summed E-state index contributed by atoms with van der Waals surface area (Å²) in [6.07, 6.45) is -1.61. The number of nitrogens with zero attached hydrogens (tertiary/aromatic N) is 1. The van der Waals surface area contributed by atoms with Crippen LogP contribution in [-0.2, 0) is 53.5 Å². The highest BCUT2D eigenvalue weighted by Crippen LogP contribution is 2.38. The summed E-state index contributed by atoms with van der Waals surface area (Å²) >= 11 is 0. The van der Waals surface area contributed by atoms with Crippen molar-refractivity contribution in [1.82, 2.24) is 3.97 Å². The van der Waals surface area contributed by atoms with Crippen LogP contribution >= 0.6 is 0 Å². The smallest absolute Gasteiger partial charge is 0.268 e. The van der Waals surface area contributed by atoms with E-state index in [0.29, 0.717) is 17.7 Å². The van der Waals surface area contributed by atoms with Crippen molar-refractivity contribution in [3.63, 3.8) is 0 Å². The maximum absolute atomic E-state index is 14.0. The predicted molar refractivity (Wildman–Crippen MR) is 225 cm³/mol. The molecule has 7 unspecified atom stereocenters. The fraction of sp³-hybridized carbons (Fsp3) is 0.333. The summed E-state index contributed by atoms with van der Waals surface area (Å²) in [5.74, 6) is 0. The third kappa shape index (κ3) is 9.78. The Hall–Kier alpha value is -4.65. The number of benzene rings is 5. The molecule has 1 aliphatic carbocycles. The maximum atomic E-state index is 14.0. The number of para-hydroxylation sites is 1. The summed E-state index contributed by atoms with van der Waals surface area (Å²) in [5.41, 5.74) is 4.05. The molecule has 0 amide bonds. The molecule has 0 bridgehead atoms. The van der Waals surface area contributed by atoms with Gasteiger partial charge < -0.3 is 28.8 Å². The summed E-state index contributed by atoms with van der Waals surface area (Å²) in [6, 6.07) is 45.4. The summed E-state index contributed by atoms with van der Waals surface area (Å²) in [7, 11) is -3.94. The molecule has 10 heteroatoms. The average Bonchev–Trinajstić information content (AvgIpc) is 3.67. The van der Waals surface area contributed by atoms with E-state index in [4.69, 9.17) is 23.7 Å². The zero-order chi connectivity index (χ0) is 40.3. The minimum Gasteiger partial charge on any atom is -0.387 e. The van der Waals surface area contributed by atoms with E-state index >= 15 is 0 Å². The van der Waals surface area contributed by atoms with Crippen LogP contribution in [0.4, 0.5) is 0 Å². The van der Waals surface area contributed by atoms with E-state index in [1.807, 2.05) is 116 Å². The molecule has 1 fully saturated rings. The van der Waals surface area contributed by atoms with Gasteiger partial charge in [0.15, 0.2) is 0 Å². The first-order valence-electron chi connectivity index (χ1n) is 20.2. The van der Waals surface area contributed by atoms with Crippen LogP contribution in [-0.4, -0.2) is 60.7 Å². The number of aliphatic hydroxyl groups excluding tert-OH is 1. The second-order valence-electron chi connectivity index (χ2n) is 14.8. The topological polar surface area (TPSA) is 105 Å². The number of rotatable bonds is 19. The molecule has 0 saturated heterocycles. The molecule has 304 valence electrons. The Balaban J connectivity index is 1.28. The number of hydrogen-bond donors (Lipinski definition) is 1. The van der Waals surface area contributed by atoms with E-state index < -0.39 is 52.8 Å². The van der Waals surface area contributed by atoms with E-state index in [-0.39, 0.29) is 24.7 Å². The zero-order valence-electron chi connectivity index (χ0n) is 33.1. The third-order valence-electron chi connectivity index (χ3n) is 10.7. The predicted octanol–water partition coefficient (Wildman–Crippen LogP) is 9.03. The lowest BCUT2D eigenvalue weighted by atomic mass is 9.83. The monoisotopic (exact) mass is 803 g/mol. The molecule has 0 aliphatic heterocycles. The van der Waals surface area contributed by atoms with Gasteiger partial charge in [-0.3, -0.25) is 0 Å². The summed E-state index contributed by atoms with van der Waals surface area (Å²) in [4.78, 5) is 0.177. The van der Waals surface area contributed by atoms with Gasteiger partial charge in [0, 0.05) is 23.8 Å². The molecule has 1 heterocycles. The van der Waals surface area contributed by atoms with Gasteiger partial charge in [-0.25, -0.2) is 12.4 Å². The van der Waals surface area contributed by atoms with E-state index in [2.05, 4.69) is 6.92 Å². The van der Waals surface area contributed by atoms with E-state index in [1.165, 1.54) is 3.97 Å². The van der Waals surface area contributed by atoms with Gasteiger partial charge in [0.25, 0.3) is 10.0 Å². The van der Waals surface area contributed by atoms with E-state index in [9.17, 15) is 13.5 Å². The van der Waals surface area contributed by atoms with Gasteiger partial charge in [0.1, 0.15) is 36.6 Å². The Morgan fingerprint density at radius 2 is 1.05 bits per heavy atom. The lowest BCUT2D eigenvalue weighted by Crippen LogP contribution is -2.67. The molecular formula is C48H53NO8S. The lowest BCUT2D eigenvalue weighted by Gasteiger charge is -2.49. The zero-order valence-corrected chi connectivity index (χ0v) is 33.9. The Labute approximate surface area is 342 Å². The van der Waals surface area contributed by atoms with Crippen molar-refractivity contribution in [2.75, 3.05) is 6.61 Å². The van der Waals surface area contributed by atoms with Crippen LogP contribution in [0.3, 0.4) is 0 Å². The molecule has 1 aliphatic rings. The number of unbranched alkanes of at least 4 members (excludes halogenated alkanes) is 2. The summed E-state index contributed by atoms with van der Waals surface area (Å²) in [5, 5.41) is 13.3. The van der Waals surface area contributed by atoms with Crippen molar-refractivity contribution in [3.8, 4) is 0 Å². The second-order valence-corrected chi connectivity index (χ2v) is 16.6. The van der Waals surface area contributed by atoms with Crippen molar-refractivity contribution < 1.29 is 37.2 Å². The standard InChI is InChI=1S/C48H53NO8S/c1-3-4-19-30-53-44-43(50)45(57-35(2)41-31-49(42-29-18-17-28-40(41)42)58(51,52)39-26-15-8-16-27-39)47(55-33-37-22-11-6-12-23-37)48(56-34-38-24-13-7-14-25-38)46(44)54-32-36-20-9-5-10-21-36/h5-18,20-29,31,35,43-48,50H,3-4,19,30,32-34H2,1-2H3. The van der Waals surface area contributed by atoms with Crippen molar-refractivity contribution >= 4 is 20.9 Å². The highest BCUT2D eigenvalue weighted by Gasteiger charge is 2.54. The van der Waals surface area contributed by atoms with Crippen LogP contribution in [0.15, 0.2) is 157 Å². The molecule has 1 aromatic heterocycles. The number of fused-ring (bicyclic) bond motifs is 1. The lowest BCUT2D eigenvalue weighted by molar-refractivity contribution is -0.285. The number of ether oxygens (including phenoxy) is 5. The minimum atomic E-state index is -3.94. The summed E-state index contributed by atoms with van der Waals surface area (Å²) in [6.45, 7) is 5.16. The van der Waals surface area contributed by atoms with Gasteiger partial charge in [-0.15, -0.1) is 0 Å². The first kappa shape index (κ1) is 41.5. The van der Waals surface area contributed by atoms with Crippen LogP contribution in [0.25, 0.3) is 10.9 Å². The molecule has 0 radical (unpaired) electrons. The van der Waals surface area contributed by atoms with Crippen LogP contribution in [0.5, 0.6) is 0 Å². The summed E-state index contributed by atoms with van der Waals surface area (Å²) < 4.78 is 63.4. The SMILES string of the molecule is CCCCCOC1C(O)C(OC(C)c2cn(S(=O)(=O)c3ccccc3)c3ccccc23)C(OCc2ccccc2)C(OCc2ccccc2)C1OCc1ccccc1. The van der Waals surface area contributed by atoms with Crippen molar-refractivity contribution in [2.45, 2.75) is 101 Å². The first-order chi connectivity index (χ1) is 28.3. The molecule has 1 saturated carbocycles. The Morgan fingerprint density at radius 3 is 1.59 bits per heavy atom. The van der Waals surface area contributed by atoms with Crippen LogP contribution in [0.2, 0.25) is 0 Å². The van der Waals surface area contributed by atoms with Gasteiger partial charge in [-0.1, -0.05) is 147 Å². The molecule has 5 aromatic carbocycles. The molecule has 0 spiro atoms. The van der Waals surface area contributed by atoms with E-state index in [1.54, 1.807) is 42.6 Å². The highest BCUT2D eigenvalue weighted by atomic mass is 32.2. The maximum Gasteiger partial charge on any atom is 0.268 e. The average molecular weight is 804 g/mol. The molecular weight excluding hydrogens is 751 g/mol. The first-order valence-corrected chi connectivity index (χ1v) is 21.6. The quantitative estimate of drug-likeness (QED) is 0.0810. The Bertz CT molecular complexity index is 2250. The fourth-order valence-corrected chi connectivity index (χ4v) is 9.04. The van der Waals surface area contributed by atoms with E-state index in [0.717, 1.165) is 41.3 Å². The van der Waals surface area contributed by atoms with Crippen molar-refractivity contribution in [1.29, 1.82) is 0 Å². The van der Waals surface area contributed by atoms with Crippen molar-refractivity contribution in [3.05, 3.63) is 174 Å². The van der Waals surface area contributed by atoms with Crippen LogP contribution in [0.1, 0.15) is 61.5 Å². The van der Waals surface area contributed by atoms with Gasteiger partial charge in [-0.2, -0.15) is 0 Å². The number of aromatic nitrogens is 1. The number of hydrogen-bond acceptors (Lipinski definition) is 8. The second kappa shape index (κ2) is 19.9. The largest absolute Gasteiger partial charge is 0.387 e. The molecule has 7 atom stereocenters. The molecule has 7 rings (SSSR count). The minimum absolute atomic E-state index is 0.177. The van der Waals surface area contributed by atoms with Gasteiger partial charge in [0.05, 0.1) is 36.3 Å². The third-order valence-corrected chi connectivity index (χ3v) is 12.4. The van der Waals surface area contributed by atoms with Gasteiger partial charge >= 0.3 is 0 Å². The molecule has 1 N–H and O–H groups in total. The van der Waals surface area contributed by atoms with Crippen molar-refractivity contribution in [2.24, 2.45) is 0 Å². The Morgan fingerprint density at radius 1 is 0.586 bits per heavy atom. The number of aliphatic hydroxyl groups is 1. The Kier molecular flexibility index (Phi) is 14.2.